The van der Waals surface area contributed by atoms with Crippen LogP contribution in [0.15, 0.2) is 18.2 Å². The van der Waals surface area contributed by atoms with Gasteiger partial charge in [-0.25, -0.2) is 8.78 Å². The van der Waals surface area contributed by atoms with Crippen molar-refractivity contribution in [2.75, 3.05) is 21.1 Å². The van der Waals surface area contributed by atoms with E-state index in [4.69, 9.17) is 0 Å². The second kappa shape index (κ2) is 6.41. The fourth-order valence-corrected chi connectivity index (χ4v) is 3.72. The summed E-state index contributed by atoms with van der Waals surface area (Å²) in [4.78, 5) is 2.14. The van der Waals surface area contributed by atoms with E-state index in [1.54, 1.807) is 7.05 Å². The van der Waals surface area contributed by atoms with E-state index in [-0.39, 0.29) is 17.1 Å². The summed E-state index contributed by atoms with van der Waals surface area (Å²) in [6.07, 6.45) is 4.07. The van der Waals surface area contributed by atoms with E-state index in [1.165, 1.54) is 18.2 Å². The van der Waals surface area contributed by atoms with Crippen LogP contribution in [0.2, 0.25) is 0 Å². The zero-order valence-electron chi connectivity index (χ0n) is 13.4. The van der Waals surface area contributed by atoms with Crippen molar-refractivity contribution in [3.8, 4) is 0 Å². The van der Waals surface area contributed by atoms with Crippen molar-refractivity contribution in [3.05, 3.63) is 35.4 Å². The maximum atomic E-state index is 14.3. The highest BCUT2D eigenvalue weighted by Crippen LogP contribution is 2.44. The molecule has 1 fully saturated rings. The summed E-state index contributed by atoms with van der Waals surface area (Å²) in [5.74, 6) is -0.246. The number of hydrogen-bond donors (Lipinski definition) is 1. The number of halogens is 2. The largest absolute Gasteiger partial charge is 0.311 e. The van der Waals surface area contributed by atoms with Gasteiger partial charge in [0.1, 0.15) is 11.6 Å². The van der Waals surface area contributed by atoms with Crippen LogP contribution in [0.25, 0.3) is 0 Å². The Morgan fingerprint density at radius 2 is 1.71 bits per heavy atom. The van der Waals surface area contributed by atoms with Crippen LogP contribution in [0.4, 0.5) is 8.78 Å². The number of rotatable bonds is 4. The van der Waals surface area contributed by atoms with E-state index < -0.39 is 11.6 Å². The molecule has 0 aromatic heterocycles. The Balaban J connectivity index is 2.46. The van der Waals surface area contributed by atoms with E-state index in [9.17, 15) is 8.78 Å². The van der Waals surface area contributed by atoms with Crippen molar-refractivity contribution in [1.82, 2.24) is 10.2 Å². The zero-order chi connectivity index (χ0) is 15.6. The van der Waals surface area contributed by atoms with Crippen molar-refractivity contribution in [1.29, 1.82) is 0 Å². The van der Waals surface area contributed by atoms with E-state index in [0.29, 0.717) is 5.92 Å². The molecule has 2 nitrogen and oxygen atoms in total. The summed E-state index contributed by atoms with van der Waals surface area (Å²) < 4.78 is 28.5. The third-order valence-corrected chi connectivity index (χ3v) is 5.15. The molecule has 0 aliphatic heterocycles. The first-order valence-electron chi connectivity index (χ1n) is 7.71. The second-order valence-electron chi connectivity index (χ2n) is 6.54. The lowest BCUT2D eigenvalue weighted by Gasteiger charge is -2.49. The molecule has 0 saturated heterocycles. The highest BCUT2D eigenvalue weighted by atomic mass is 19.1. The molecule has 1 aliphatic rings. The molecule has 1 aromatic rings. The van der Waals surface area contributed by atoms with Crippen molar-refractivity contribution < 1.29 is 8.78 Å². The summed E-state index contributed by atoms with van der Waals surface area (Å²) in [7, 11) is 5.82. The lowest BCUT2D eigenvalue weighted by atomic mass is 9.70. The molecule has 118 valence electrons. The smallest absolute Gasteiger partial charge is 0.130 e. The first kappa shape index (κ1) is 16.4. The molecule has 0 radical (unpaired) electrons. The van der Waals surface area contributed by atoms with Crippen LogP contribution in [-0.2, 0) is 0 Å². The molecule has 0 bridgehead atoms. The highest BCUT2D eigenvalue weighted by Gasteiger charge is 2.44. The molecular formula is C17H26F2N2. The Kier molecular flexibility index (Phi) is 4.99. The lowest BCUT2D eigenvalue weighted by molar-refractivity contribution is 0.0430. The normalized spacial score (nSPS) is 27.9. The van der Waals surface area contributed by atoms with Gasteiger partial charge in [0.05, 0.1) is 6.04 Å². The molecule has 1 saturated carbocycles. The Morgan fingerprint density at radius 1 is 1.19 bits per heavy atom. The molecule has 0 heterocycles. The highest BCUT2D eigenvalue weighted by molar-refractivity contribution is 5.27. The van der Waals surface area contributed by atoms with Gasteiger partial charge in [0.15, 0.2) is 0 Å². The molecule has 2 rings (SSSR count). The maximum absolute atomic E-state index is 14.3. The number of nitrogens with zero attached hydrogens (tertiary/aromatic N) is 1. The van der Waals surface area contributed by atoms with Crippen LogP contribution in [0.3, 0.4) is 0 Å². The minimum atomic E-state index is -0.464. The zero-order valence-corrected chi connectivity index (χ0v) is 13.4. The summed E-state index contributed by atoms with van der Waals surface area (Å²) in [5, 5.41) is 3.19. The van der Waals surface area contributed by atoms with Gasteiger partial charge >= 0.3 is 0 Å². The third kappa shape index (κ3) is 2.97. The van der Waals surface area contributed by atoms with Gasteiger partial charge in [0, 0.05) is 11.1 Å². The van der Waals surface area contributed by atoms with E-state index in [1.807, 2.05) is 14.1 Å². The average Bonchev–Trinajstić information content (AvgIpc) is 2.44. The Labute approximate surface area is 126 Å². The minimum Gasteiger partial charge on any atom is -0.311 e. The SMILES string of the molecule is CNC(c1c(F)cccc1F)C1(N(C)C)CCC(C)CC1. The molecule has 1 atom stereocenters. The van der Waals surface area contributed by atoms with Crippen LogP contribution in [-0.4, -0.2) is 31.6 Å². The molecule has 1 N–H and O–H groups in total. The number of nitrogens with one attached hydrogen (secondary N) is 1. The molecule has 1 aliphatic carbocycles. The van der Waals surface area contributed by atoms with Gasteiger partial charge in [-0.2, -0.15) is 0 Å². The predicted octanol–water partition coefficient (Wildman–Crippen LogP) is 3.74. The van der Waals surface area contributed by atoms with Crippen LogP contribution in [0, 0.1) is 17.6 Å². The molecule has 1 unspecified atom stereocenters. The van der Waals surface area contributed by atoms with Crippen LogP contribution in [0.1, 0.15) is 44.2 Å². The van der Waals surface area contributed by atoms with Crippen molar-refractivity contribution in [3.63, 3.8) is 0 Å². The fraction of sp³-hybridized carbons (Fsp3) is 0.647. The molecular weight excluding hydrogens is 270 g/mol. The van der Waals surface area contributed by atoms with Gasteiger partial charge in [0.2, 0.25) is 0 Å². The average molecular weight is 296 g/mol. The summed E-state index contributed by atoms with van der Waals surface area (Å²) in [6.45, 7) is 2.25. The van der Waals surface area contributed by atoms with Gasteiger partial charge in [-0.1, -0.05) is 13.0 Å². The molecule has 4 heteroatoms. The monoisotopic (exact) mass is 296 g/mol. The van der Waals surface area contributed by atoms with Crippen molar-refractivity contribution in [2.24, 2.45) is 5.92 Å². The van der Waals surface area contributed by atoms with Gasteiger partial charge in [0.25, 0.3) is 0 Å². The minimum absolute atomic E-state index is 0.170. The number of benzene rings is 1. The third-order valence-electron chi connectivity index (χ3n) is 5.15. The second-order valence-corrected chi connectivity index (χ2v) is 6.54. The van der Waals surface area contributed by atoms with Crippen LogP contribution >= 0.6 is 0 Å². The lowest BCUT2D eigenvalue weighted by Crippen LogP contribution is -2.55. The summed E-state index contributed by atoms with van der Waals surface area (Å²) in [5.41, 5.74) is -0.0761. The van der Waals surface area contributed by atoms with Gasteiger partial charge in [-0.05, 0) is 64.9 Å². The topological polar surface area (TPSA) is 15.3 Å². The van der Waals surface area contributed by atoms with Gasteiger partial charge in [-0.3, -0.25) is 0 Å². The molecule has 0 spiro atoms. The molecule has 1 aromatic carbocycles. The standard InChI is InChI=1S/C17H26F2N2/c1-12-8-10-17(11-9-12,21(3)4)16(20-2)15-13(18)6-5-7-14(15)19/h5-7,12,16,20H,8-11H2,1-4H3. The van der Waals surface area contributed by atoms with Crippen molar-refractivity contribution in [2.45, 2.75) is 44.2 Å². The first-order valence-corrected chi connectivity index (χ1v) is 7.71. The molecule has 0 amide bonds. The Bertz CT molecular complexity index is 459. The quantitative estimate of drug-likeness (QED) is 0.910. The number of likely N-dealkylation sites (N-methyl/N-ethyl adjacent to an activating group) is 2. The first-order chi connectivity index (χ1) is 9.92. The summed E-state index contributed by atoms with van der Waals surface area (Å²) in [6, 6.07) is 3.77. The van der Waals surface area contributed by atoms with E-state index in [0.717, 1.165) is 25.7 Å². The van der Waals surface area contributed by atoms with Crippen LogP contribution in [0.5, 0.6) is 0 Å². The van der Waals surface area contributed by atoms with Gasteiger partial charge in [-0.15, -0.1) is 0 Å². The Morgan fingerprint density at radius 3 is 2.14 bits per heavy atom. The van der Waals surface area contributed by atoms with E-state index >= 15 is 0 Å². The van der Waals surface area contributed by atoms with E-state index in [2.05, 4.69) is 17.1 Å². The maximum Gasteiger partial charge on any atom is 0.130 e. The molecule has 21 heavy (non-hydrogen) atoms. The number of hydrogen-bond acceptors (Lipinski definition) is 2. The Hall–Kier alpha value is -1.00. The summed E-state index contributed by atoms with van der Waals surface area (Å²) >= 11 is 0. The predicted molar refractivity (Wildman–Crippen MR) is 82.2 cm³/mol. The van der Waals surface area contributed by atoms with Crippen molar-refractivity contribution >= 4 is 0 Å². The van der Waals surface area contributed by atoms with Gasteiger partial charge < -0.3 is 10.2 Å². The fourth-order valence-electron chi connectivity index (χ4n) is 3.72. The van der Waals surface area contributed by atoms with Crippen LogP contribution < -0.4 is 5.32 Å².